The molecule has 4 nitrogen and oxygen atoms in total. The van der Waals surface area contributed by atoms with Crippen LogP contribution in [0.25, 0.3) is 0 Å². The van der Waals surface area contributed by atoms with Crippen LogP contribution in [0.1, 0.15) is 22.1 Å². The van der Waals surface area contributed by atoms with Gasteiger partial charge in [0.1, 0.15) is 6.10 Å². The highest BCUT2D eigenvalue weighted by molar-refractivity contribution is 7.16. The minimum atomic E-state index is -0.796. The van der Waals surface area contributed by atoms with Crippen LogP contribution in [0.2, 0.25) is 4.34 Å². The summed E-state index contributed by atoms with van der Waals surface area (Å²) in [7, 11) is 4.62. The number of methoxy groups -OCH3 is 3. The van der Waals surface area contributed by atoms with Crippen LogP contribution in [-0.4, -0.2) is 26.4 Å². The molecule has 1 atom stereocenters. The number of aliphatic hydroxyl groups is 1. The average molecular weight is 329 g/mol. The summed E-state index contributed by atoms with van der Waals surface area (Å²) in [5.74, 6) is 1.51. The molecule has 1 unspecified atom stereocenters. The normalized spacial score (nSPS) is 12.1. The smallest absolute Gasteiger partial charge is 0.203 e. The van der Waals surface area contributed by atoms with Gasteiger partial charge < -0.3 is 19.3 Å². The molecular weight excluding hydrogens is 312 g/mol. The number of hydrogen-bond donors (Lipinski definition) is 1. The lowest BCUT2D eigenvalue weighted by atomic mass is 10.1. The first-order chi connectivity index (χ1) is 10.0. The Hall–Kier alpha value is -1.43. The summed E-state index contributed by atoms with van der Waals surface area (Å²) in [6.07, 6.45) is -0.796. The molecule has 0 aliphatic heterocycles. The molecule has 0 aliphatic rings. The molecule has 0 aliphatic carbocycles. The molecule has 114 valence electrons. The number of thiophene rings is 1. The predicted octanol–water partition coefficient (Wildman–Crippen LogP) is 3.82. The Labute approximate surface area is 132 Å². The third kappa shape index (κ3) is 3.10. The highest BCUT2D eigenvalue weighted by Crippen LogP contribution is 2.42. The second kappa shape index (κ2) is 6.56. The number of benzene rings is 1. The molecule has 0 bridgehead atoms. The summed E-state index contributed by atoms with van der Waals surface area (Å²) in [5.41, 5.74) is 1.60. The lowest BCUT2D eigenvalue weighted by Gasteiger charge is -2.16. The van der Waals surface area contributed by atoms with Crippen molar-refractivity contribution in [1.29, 1.82) is 0 Å². The van der Waals surface area contributed by atoms with Crippen LogP contribution >= 0.6 is 22.9 Å². The highest BCUT2D eigenvalue weighted by atomic mass is 35.5. The van der Waals surface area contributed by atoms with Crippen molar-refractivity contribution >= 4 is 22.9 Å². The maximum absolute atomic E-state index is 10.5. The molecule has 0 radical (unpaired) electrons. The van der Waals surface area contributed by atoms with E-state index in [0.717, 1.165) is 10.4 Å². The predicted molar refractivity (Wildman–Crippen MR) is 84.2 cm³/mol. The minimum Gasteiger partial charge on any atom is -0.493 e. The van der Waals surface area contributed by atoms with Crippen LogP contribution < -0.4 is 14.2 Å². The fraction of sp³-hybridized carbons (Fsp3) is 0.333. The van der Waals surface area contributed by atoms with Crippen LogP contribution in [-0.2, 0) is 0 Å². The van der Waals surface area contributed by atoms with E-state index in [0.29, 0.717) is 27.1 Å². The van der Waals surface area contributed by atoms with Gasteiger partial charge in [-0.3, -0.25) is 0 Å². The first kappa shape index (κ1) is 15.9. The number of hydrogen-bond acceptors (Lipinski definition) is 5. The summed E-state index contributed by atoms with van der Waals surface area (Å²) in [5, 5.41) is 10.5. The second-order valence-electron chi connectivity index (χ2n) is 4.47. The summed E-state index contributed by atoms with van der Waals surface area (Å²) in [4.78, 5) is 0.770. The Balaban J connectivity index is 2.48. The fourth-order valence-corrected chi connectivity index (χ4v) is 3.27. The topological polar surface area (TPSA) is 47.9 Å². The van der Waals surface area contributed by atoms with E-state index in [4.69, 9.17) is 25.8 Å². The Morgan fingerprint density at radius 3 is 2.00 bits per heavy atom. The second-order valence-corrected chi connectivity index (χ2v) is 6.15. The van der Waals surface area contributed by atoms with Crippen LogP contribution in [0.4, 0.5) is 0 Å². The first-order valence-electron chi connectivity index (χ1n) is 6.25. The maximum Gasteiger partial charge on any atom is 0.203 e. The van der Waals surface area contributed by atoms with Crippen molar-refractivity contribution in [3.05, 3.63) is 38.5 Å². The van der Waals surface area contributed by atoms with Gasteiger partial charge in [0.15, 0.2) is 11.5 Å². The molecule has 21 heavy (non-hydrogen) atoms. The molecule has 1 aromatic heterocycles. The van der Waals surface area contributed by atoms with Gasteiger partial charge in [-0.25, -0.2) is 0 Å². The van der Waals surface area contributed by atoms with Gasteiger partial charge >= 0.3 is 0 Å². The lowest BCUT2D eigenvalue weighted by molar-refractivity contribution is 0.222. The molecule has 2 rings (SSSR count). The number of halogens is 1. The van der Waals surface area contributed by atoms with Gasteiger partial charge in [-0.15, -0.1) is 11.3 Å². The Bertz CT molecular complexity index is 594. The van der Waals surface area contributed by atoms with Gasteiger partial charge in [0.25, 0.3) is 0 Å². The number of aliphatic hydroxyl groups excluding tert-OH is 1. The molecule has 1 N–H and O–H groups in total. The van der Waals surface area contributed by atoms with Crippen molar-refractivity contribution in [2.24, 2.45) is 0 Å². The van der Waals surface area contributed by atoms with Crippen LogP contribution in [0.3, 0.4) is 0 Å². The van der Waals surface area contributed by atoms with E-state index in [1.807, 2.05) is 13.0 Å². The van der Waals surface area contributed by atoms with Crippen molar-refractivity contribution in [2.45, 2.75) is 13.0 Å². The first-order valence-corrected chi connectivity index (χ1v) is 7.45. The molecule has 1 aromatic carbocycles. The maximum atomic E-state index is 10.5. The van der Waals surface area contributed by atoms with Gasteiger partial charge in [0.2, 0.25) is 5.75 Å². The van der Waals surface area contributed by atoms with E-state index in [1.54, 1.807) is 33.5 Å². The van der Waals surface area contributed by atoms with Crippen molar-refractivity contribution in [1.82, 2.24) is 0 Å². The zero-order chi connectivity index (χ0) is 15.6. The van der Waals surface area contributed by atoms with Gasteiger partial charge in [0, 0.05) is 4.88 Å². The fourth-order valence-electron chi connectivity index (χ4n) is 2.04. The molecule has 0 saturated carbocycles. The largest absolute Gasteiger partial charge is 0.493 e. The Kier molecular flexibility index (Phi) is 4.98. The Morgan fingerprint density at radius 1 is 1.05 bits per heavy atom. The molecule has 0 saturated heterocycles. The summed E-state index contributed by atoms with van der Waals surface area (Å²) >= 11 is 7.42. The summed E-state index contributed by atoms with van der Waals surface area (Å²) < 4.78 is 16.5. The van der Waals surface area contributed by atoms with E-state index in [1.165, 1.54) is 11.3 Å². The molecule has 6 heteroatoms. The zero-order valence-electron chi connectivity index (χ0n) is 12.3. The zero-order valence-corrected chi connectivity index (χ0v) is 13.8. The van der Waals surface area contributed by atoms with Crippen molar-refractivity contribution in [3.63, 3.8) is 0 Å². The average Bonchev–Trinajstić information content (AvgIpc) is 2.84. The third-order valence-corrected chi connectivity index (χ3v) is 4.76. The monoisotopic (exact) mass is 328 g/mol. The molecule has 1 heterocycles. The standard InChI is InChI=1S/C15H17ClO4S/c1-8-5-12(21-15(8)16)13(17)9-6-10(18-2)14(20-4)11(7-9)19-3/h5-7,13,17H,1-4H3. The SMILES string of the molecule is COc1cc(C(O)c2cc(C)c(Cl)s2)cc(OC)c1OC. The van der Waals surface area contributed by atoms with E-state index in [2.05, 4.69) is 0 Å². The van der Waals surface area contributed by atoms with Crippen molar-refractivity contribution in [3.8, 4) is 17.2 Å². The van der Waals surface area contributed by atoms with Gasteiger partial charge in [0.05, 0.1) is 25.7 Å². The minimum absolute atomic E-state index is 0.497. The van der Waals surface area contributed by atoms with Gasteiger partial charge in [-0.1, -0.05) is 11.6 Å². The van der Waals surface area contributed by atoms with Crippen molar-refractivity contribution < 1.29 is 19.3 Å². The molecule has 2 aromatic rings. The Morgan fingerprint density at radius 2 is 1.62 bits per heavy atom. The number of rotatable bonds is 5. The van der Waals surface area contributed by atoms with Gasteiger partial charge in [-0.05, 0) is 36.2 Å². The van der Waals surface area contributed by atoms with Crippen LogP contribution in [0.5, 0.6) is 17.2 Å². The summed E-state index contributed by atoms with van der Waals surface area (Å²) in [6, 6.07) is 5.34. The van der Waals surface area contributed by atoms with Crippen LogP contribution in [0, 0.1) is 6.92 Å². The lowest BCUT2D eigenvalue weighted by Crippen LogP contribution is -2.01. The molecule has 0 fully saturated rings. The van der Waals surface area contributed by atoms with E-state index in [-0.39, 0.29) is 0 Å². The van der Waals surface area contributed by atoms with E-state index >= 15 is 0 Å². The quantitative estimate of drug-likeness (QED) is 0.906. The van der Waals surface area contributed by atoms with Gasteiger partial charge in [-0.2, -0.15) is 0 Å². The highest BCUT2D eigenvalue weighted by Gasteiger charge is 2.20. The van der Waals surface area contributed by atoms with E-state index in [9.17, 15) is 5.11 Å². The number of ether oxygens (including phenoxy) is 3. The van der Waals surface area contributed by atoms with E-state index < -0.39 is 6.10 Å². The third-order valence-electron chi connectivity index (χ3n) is 3.15. The molecule has 0 spiro atoms. The summed E-state index contributed by atoms with van der Waals surface area (Å²) in [6.45, 7) is 1.91. The number of aryl methyl sites for hydroxylation is 1. The molecule has 0 amide bonds. The van der Waals surface area contributed by atoms with Crippen molar-refractivity contribution in [2.75, 3.05) is 21.3 Å². The molecular formula is C15H17ClO4S. The van der Waals surface area contributed by atoms with Crippen LogP contribution in [0.15, 0.2) is 18.2 Å².